The summed E-state index contributed by atoms with van der Waals surface area (Å²) in [5, 5.41) is 12.0. The van der Waals surface area contributed by atoms with E-state index >= 15 is 0 Å². The van der Waals surface area contributed by atoms with Gasteiger partial charge < -0.3 is 19.9 Å². The zero-order chi connectivity index (χ0) is 19.1. The molecule has 1 amide bonds. The Labute approximate surface area is 150 Å². The summed E-state index contributed by atoms with van der Waals surface area (Å²) in [6.45, 7) is 4.46. The van der Waals surface area contributed by atoms with Crippen molar-refractivity contribution < 1.29 is 29.0 Å². The fourth-order valence-corrected chi connectivity index (χ4v) is 2.20. The summed E-state index contributed by atoms with van der Waals surface area (Å²) in [6.07, 6.45) is 7.08. The van der Waals surface area contributed by atoms with Crippen molar-refractivity contribution in [3.63, 3.8) is 0 Å². The molecule has 0 rings (SSSR count). The molecule has 0 aromatic rings. The van der Waals surface area contributed by atoms with Crippen molar-refractivity contribution in [2.24, 2.45) is 0 Å². The highest BCUT2D eigenvalue weighted by atomic mass is 16.6. The van der Waals surface area contributed by atoms with Crippen molar-refractivity contribution >= 4 is 17.8 Å². The summed E-state index contributed by atoms with van der Waals surface area (Å²) in [6, 6.07) is -0.787. The highest BCUT2D eigenvalue weighted by molar-refractivity contribution is 5.82. The Kier molecular flexibility index (Phi) is 13.7. The number of hydrogen-bond acceptors (Lipinski definition) is 6. The van der Waals surface area contributed by atoms with E-state index < -0.39 is 18.1 Å². The van der Waals surface area contributed by atoms with E-state index in [4.69, 9.17) is 9.47 Å². The zero-order valence-corrected chi connectivity index (χ0v) is 15.7. The molecule has 0 aliphatic rings. The largest absolute Gasteiger partial charge is 0.463 e. The molecule has 0 saturated carbocycles. The molecule has 2 atom stereocenters. The standard InChI is InChI=1S/C18H33NO6/c1-4-5-6-7-8-9-10-11-17(22)24-12-16(21)13-25-18(23)14(2)19-15(3)20/h14,16,21H,4-13H2,1-3H3,(H,19,20)/t14-,16?/m1/s1. The van der Waals surface area contributed by atoms with Gasteiger partial charge >= 0.3 is 11.9 Å². The minimum Gasteiger partial charge on any atom is -0.463 e. The Balaban J connectivity index is 3.66. The second-order valence-electron chi connectivity index (χ2n) is 6.26. The second-order valence-corrected chi connectivity index (χ2v) is 6.26. The fourth-order valence-electron chi connectivity index (χ4n) is 2.20. The minimum atomic E-state index is -1.08. The smallest absolute Gasteiger partial charge is 0.328 e. The molecular weight excluding hydrogens is 326 g/mol. The van der Waals surface area contributed by atoms with Crippen LogP contribution in [0.2, 0.25) is 0 Å². The average Bonchev–Trinajstić information content (AvgIpc) is 2.56. The molecule has 0 saturated heterocycles. The van der Waals surface area contributed by atoms with E-state index in [1.807, 2.05) is 0 Å². The quantitative estimate of drug-likeness (QED) is 0.364. The van der Waals surface area contributed by atoms with Gasteiger partial charge in [0.15, 0.2) is 0 Å². The van der Waals surface area contributed by atoms with E-state index in [0.717, 1.165) is 19.3 Å². The number of rotatable bonds is 14. The molecule has 146 valence electrons. The molecule has 0 aliphatic carbocycles. The van der Waals surface area contributed by atoms with Crippen LogP contribution >= 0.6 is 0 Å². The molecule has 0 bridgehead atoms. The normalized spacial score (nSPS) is 13.0. The van der Waals surface area contributed by atoms with Crippen LogP contribution in [0.25, 0.3) is 0 Å². The van der Waals surface area contributed by atoms with E-state index in [9.17, 15) is 19.5 Å². The van der Waals surface area contributed by atoms with Gasteiger partial charge in [0.1, 0.15) is 25.4 Å². The number of nitrogens with one attached hydrogen (secondary N) is 1. The molecule has 0 fully saturated rings. The van der Waals surface area contributed by atoms with Gasteiger partial charge in [-0.15, -0.1) is 0 Å². The Morgan fingerprint density at radius 3 is 2.12 bits per heavy atom. The van der Waals surface area contributed by atoms with Gasteiger partial charge in [-0.3, -0.25) is 9.59 Å². The van der Waals surface area contributed by atoms with E-state index in [-0.39, 0.29) is 25.1 Å². The molecule has 0 radical (unpaired) electrons. The van der Waals surface area contributed by atoms with Gasteiger partial charge in [0.05, 0.1) is 0 Å². The number of esters is 2. The van der Waals surface area contributed by atoms with Gasteiger partial charge in [0.25, 0.3) is 0 Å². The van der Waals surface area contributed by atoms with Crippen LogP contribution in [0.15, 0.2) is 0 Å². The van der Waals surface area contributed by atoms with Crippen molar-refractivity contribution in [3.05, 3.63) is 0 Å². The number of aliphatic hydroxyl groups is 1. The molecule has 7 heteroatoms. The van der Waals surface area contributed by atoms with Crippen LogP contribution in [-0.2, 0) is 23.9 Å². The number of amides is 1. The van der Waals surface area contributed by atoms with Gasteiger partial charge in [-0.05, 0) is 13.3 Å². The lowest BCUT2D eigenvalue weighted by Gasteiger charge is -2.15. The van der Waals surface area contributed by atoms with Crippen molar-refractivity contribution in [1.29, 1.82) is 0 Å². The first kappa shape index (κ1) is 23.4. The van der Waals surface area contributed by atoms with Crippen molar-refractivity contribution in [3.8, 4) is 0 Å². The third-order valence-corrected chi connectivity index (χ3v) is 3.61. The summed E-state index contributed by atoms with van der Waals surface area (Å²) in [5.41, 5.74) is 0. The first-order valence-electron chi connectivity index (χ1n) is 9.14. The maximum atomic E-state index is 11.6. The summed E-state index contributed by atoms with van der Waals surface area (Å²) in [7, 11) is 0. The van der Waals surface area contributed by atoms with Crippen LogP contribution in [0.4, 0.5) is 0 Å². The molecule has 2 N–H and O–H groups in total. The monoisotopic (exact) mass is 359 g/mol. The van der Waals surface area contributed by atoms with Crippen LogP contribution in [0.1, 0.15) is 72.1 Å². The van der Waals surface area contributed by atoms with Crippen LogP contribution < -0.4 is 5.32 Å². The highest BCUT2D eigenvalue weighted by Crippen LogP contribution is 2.08. The Bertz CT molecular complexity index is 399. The lowest BCUT2D eigenvalue weighted by Crippen LogP contribution is -2.39. The summed E-state index contributed by atoms with van der Waals surface area (Å²) < 4.78 is 9.81. The topological polar surface area (TPSA) is 102 Å². The second kappa shape index (κ2) is 14.7. The lowest BCUT2D eigenvalue weighted by atomic mass is 10.1. The molecule has 0 spiro atoms. The van der Waals surface area contributed by atoms with Crippen LogP contribution in [0, 0.1) is 0 Å². The van der Waals surface area contributed by atoms with Gasteiger partial charge in [-0.25, -0.2) is 4.79 Å². The number of hydrogen-bond donors (Lipinski definition) is 2. The summed E-state index contributed by atoms with van der Waals surface area (Å²) >= 11 is 0. The molecule has 1 unspecified atom stereocenters. The Morgan fingerprint density at radius 2 is 1.52 bits per heavy atom. The Hall–Kier alpha value is -1.63. The van der Waals surface area contributed by atoms with E-state index in [0.29, 0.717) is 6.42 Å². The number of aliphatic hydroxyl groups excluding tert-OH is 1. The van der Waals surface area contributed by atoms with Gasteiger partial charge in [0.2, 0.25) is 5.91 Å². The van der Waals surface area contributed by atoms with Crippen molar-refractivity contribution in [2.75, 3.05) is 13.2 Å². The molecule has 0 aliphatic heterocycles. The molecule has 0 aromatic carbocycles. The van der Waals surface area contributed by atoms with Crippen molar-refractivity contribution in [2.45, 2.75) is 84.3 Å². The lowest BCUT2D eigenvalue weighted by molar-refractivity contribution is -0.154. The van der Waals surface area contributed by atoms with Gasteiger partial charge in [-0.1, -0.05) is 45.4 Å². The number of unbranched alkanes of at least 4 members (excludes halogenated alkanes) is 6. The predicted molar refractivity (Wildman–Crippen MR) is 93.8 cm³/mol. The number of carbonyl (C=O) groups excluding carboxylic acids is 3. The number of carbonyl (C=O) groups is 3. The van der Waals surface area contributed by atoms with E-state index in [1.165, 1.54) is 39.5 Å². The minimum absolute atomic E-state index is 0.211. The first-order valence-corrected chi connectivity index (χ1v) is 9.14. The average molecular weight is 359 g/mol. The maximum Gasteiger partial charge on any atom is 0.328 e. The maximum absolute atomic E-state index is 11.6. The van der Waals surface area contributed by atoms with E-state index in [2.05, 4.69) is 12.2 Å². The third kappa shape index (κ3) is 14.4. The fraction of sp³-hybridized carbons (Fsp3) is 0.833. The summed E-state index contributed by atoms with van der Waals surface area (Å²) in [5.74, 6) is -1.35. The van der Waals surface area contributed by atoms with Crippen LogP contribution in [0.3, 0.4) is 0 Å². The highest BCUT2D eigenvalue weighted by Gasteiger charge is 2.17. The molecule has 0 aromatic heterocycles. The van der Waals surface area contributed by atoms with Gasteiger partial charge in [-0.2, -0.15) is 0 Å². The zero-order valence-electron chi connectivity index (χ0n) is 15.7. The molecular formula is C18H33NO6. The summed E-state index contributed by atoms with van der Waals surface area (Å²) in [4.78, 5) is 33.9. The van der Waals surface area contributed by atoms with Crippen LogP contribution in [-0.4, -0.2) is 48.3 Å². The van der Waals surface area contributed by atoms with Crippen LogP contribution in [0.5, 0.6) is 0 Å². The molecule has 25 heavy (non-hydrogen) atoms. The first-order chi connectivity index (χ1) is 11.9. The number of ether oxygens (including phenoxy) is 2. The molecule has 7 nitrogen and oxygen atoms in total. The molecule has 0 heterocycles. The predicted octanol–water partition coefficient (Wildman–Crippen LogP) is 2.10. The third-order valence-electron chi connectivity index (χ3n) is 3.61. The van der Waals surface area contributed by atoms with Gasteiger partial charge in [0, 0.05) is 13.3 Å². The van der Waals surface area contributed by atoms with E-state index in [1.54, 1.807) is 0 Å². The SMILES string of the molecule is CCCCCCCCCC(=O)OCC(O)COC(=O)[C@@H](C)NC(C)=O. The van der Waals surface area contributed by atoms with Crippen molar-refractivity contribution in [1.82, 2.24) is 5.32 Å². The Morgan fingerprint density at radius 1 is 0.960 bits per heavy atom.